The normalized spacial score (nSPS) is 11.4. The van der Waals surface area contributed by atoms with Crippen LogP contribution < -0.4 is 10.1 Å². The van der Waals surface area contributed by atoms with E-state index in [4.69, 9.17) is 4.74 Å². The summed E-state index contributed by atoms with van der Waals surface area (Å²) in [7, 11) is 1.51. The minimum atomic E-state index is -4.22. The first kappa shape index (κ1) is 23.4. The van der Waals surface area contributed by atoms with Crippen LogP contribution in [0.4, 0.5) is 32.4 Å². The maximum Gasteiger partial charge on any atom is 0.330 e. The molecular formula is C20H21F5N2O3. The van der Waals surface area contributed by atoms with Gasteiger partial charge in [0, 0.05) is 12.7 Å². The molecule has 1 N–H and O–H groups in total. The summed E-state index contributed by atoms with van der Waals surface area (Å²) in [6.07, 6.45) is -3.80. The zero-order valence-corrected chi connectivity index (χ0v) is 16.1. The molecule has 5 nitrogen and oxygen atoms in total. The molecule has 0 heterocycles. The third kappa shape index (κ3) is 7.18. The van der Waals surface area contributed by atoms with Crippen molar-refractivity contribution in [2.75, 3.05) is 32.1 Å². The Morgan fingerprint density at radius 1 is 1.17 bits per heavy atom. The van der Waals surface area contributed by atoms with E-state index in [1.165, 1.54) is 36.2 Å². The lowest BCUT2D eigenvalue weighted by Crippen LogP contribution is -2.34. The summed E-state index contributed by atoms with van der Waals surface area (Å²) in [5.41, 5.74) is 0.784. The van der Waals surface area contributed by atoms with Gasteiger partial charge in [-0.25, -0.2) is 18.0 Å². The highest BCUT2D eigenvalue weighted by atomic mass is 19.3. The van der Waals surface area contributed by atoms with Crippen molar-refractivity contribution in [1.29, 1.82) is 0 Å². The van der Waals surface area contributed by atoms with Crippen molar-refractivity contribution in [1.82, 2.24) is 4.90 Å². The smallest absolute Gasteiger partial charge is 0.330 e. The third-order valence-corrected chi connectivity index (χ3v) is 3.93. The van der Waals surface area contributed by atoms with Crippen LogP contribution in [-0.2, 0) is 11.3 Å². The fraction of sp³-hybridized carbons (Fsp3) is 0.350. The van der Waals surface area contributed by atoms with Crippen LogP contribution in [0.5, 0.6) is 5.75 Å². The predicted molar refractivity (Wildman–Crippen MR) is 101 cm³/mol. The lowest BCUT2D eigenvalue weighted by Gasteiger charge is -2.19. The number of nitrogens with zero attached hydrogens (tertiary/aromatic N) is 1. The second-order valence-electron chi connectivity index (χ2n) is 6.39. The molecule has 0 aromatic heterocycles. The topological polar surface area (TPSA) is 50.8 Å². The Morgan fingerprint density at radius 2 is 1.90 bits per heavy atom. The molecule has 0 fully saturated rings. The number of urea groups is 1. The predicted octanol–water partition coefficient (Wildman–Crippen LogP) is 4.79. The molecule has 0 saturated carbocycles. The summed E-state index contributed by atoms with van der Waals surface area (Å²) >= 11 is 0. The van der Waals surface area contributed by atoms with E-state index in [0.29, 0.717) is 11.3 Å². The molecule has 2 rings (SSSR count). The Labute approximate surface area is 170 Å². The molecule has 10 heteroatoms. The highest BCUT2D eigenvalue weighted by Crippen LogP contribution is 2.23. The number of nitrogens with one attached hydrogen (secondary N) is 1. The molecule has 2 aromatic carbocycles. The zero-order valence-electron chi connectivity index (χ0n) is 16.1. The van der Waals surface area contributed by atoms with Crippen LogP contribution in [0.2, 0.25) is 0 Å². The van der Waals surface area contributed by atoms with Crippen molar-refractivity contribution < 1.29 is 36.2 Å². The van der Waals surface area contributed by atoms with Crippen LogP contribution in [-0.4, -0.2) is 50.1 Å². The molecule has 0 aliphatic heterocycles. The van der Waals surface area contributed by atoms with E-state index in [9.17, 15) is 26.7 Å². The van der Waals surface area contributed by atoms with Gasteiger partial charge in [0.25, 0.3) is 0 Å². The molecule has 0 unspecified atom stereocenters. The highest BCUT2D eigenvalue weighted by molar-refractivity contribution is 5.89. The summed E-state index contributed by atoms with van der Waals surface area (Å²) in [6.45, 7) is -1.49. The standard InChI is InChI=1S/C20H21F5N2O3/c1-27(9-10-30-17-8-3-2-7-16(17)21)19(28)26-15-6-4-5-14(11-15)12-29-13-20(24,25)18(22)23/h2-8,11,18H,9-10,12-13H2,1H3,(H,26,28). The number of rotatable bonds is 10. The van der Waals surface area contributed by atoms with E-state index in [1.807, 2.05) is 0 Å². The van der Waals surface area contributed by atoms with Gasteiger partial charge in [-0.1, -0.05) is 24.3 Å². The number of likely N-dealkylation sites (N-methyl/N-ethyl adjacent to an activating group) is 1. The van der Waals surface area contributed by atoms with Gasteiger partial charge in [-0.2, -0.15) is 8.78 Å². The number of hydrogen-bond donors (Lipinski definition) is 1. The maximum absolute atomic E-state index is 13.5. The molecule has 0 aliphatic rings. The maximum atomic E-state index is 13.5. The Bertz CT molecular complexity index is 836. The first-order valence-electron chi connectivity index (χ1n) is 8.91. The van der Waals surface area contributed by atoms with Gasteiger partial charge in [-0.15, -0.1) is 0 Å². The molecule has 0 saturated heterocycles. The number of halogens is 5. The molecular weight excluding hydrogens is 411 g/mol. The summed E-state index contributed by atoms with van der Waals surface area (Å²) < 4.78 is 73.4. The summed E-state index contributed by atoms with van der Waals surface area (Å²) in [5, 5.41) is 2.60. The summed E-state index contributed by atoms with van der Waals surface area (Å²) in [4.78, 5) is 13.5. The Morgan fingerprint density at radius 3 is 2.60 bits per heavy atom. The van der Waals surface area contributed by atoms with E-state index >= 15 is 0 Å². The lowest BCUT2D eigenvalue weighted by molar-refractivity contribution is -0.168. The number of benzene rings is 2. The van der Waals surface area contributed by atoms with Gasteiger partial charge in [0.1, 0.15) is 13.2 Å². The number of para-hydroxylation sites is 1. The summed E-state index contributed by atoms with van der Waals surface area (Å²) in [6, 6.07) is 11.6. The van der Waals surface area contributed by atoms with Crippen molar-refractivity contribution >= 4 is 11.7 Å². The van der Waals surface area contributed by atoms with Crippen molar-refractivity contribution in [3.63, 3.8) is 0 Å². The minimum Gasteiger partial charge on any atom is -0.489 e. The second-order valence-corrected chi connectivity index (χ2v) is 6.39. The largest absolute Gasteiger partial charge is 0.489 e. The quantitative estimate of drug-likeness (QED) is 0.550. The molecule has 164 valence electrons. The van der Waals surface area contributed by atoms with E-state index in [1.54, 1.807) is 24.3 Å². The molecule has 0 radical (unpaired) electrons. The minimum absolute atomic E-state index is 0.0665. The molecule has 2 amide bonds. The first-order chi connectivity index (χ1) is 14.2. The van der Waals surface area contributed by atoms with Gasteiger partial charge in [-0.05, 0) is 29.8 Å². The van der Waals surface area contributed by atoms with Crippen molar-refractivity contribution in [2.24, 2.45) is 0 Å². The third-order valence-electron chi connectivity index (χ3n) is 3.93. The van der Waals surface area contributed by atoms with Gasteiger partial charge in [0.05, 0.1) is 13.2 Å². The molecule has 30 heavy (non-hydrogen) atoms. The number of amides is 2. The molecule has 2 aromatic rings. The Balaban J connectivity index is 1.80. The fourth-order valence-electron chi connectivity index (χ4n) is 2.28. The van der Waals surface area contributed by atoms with E-state index in [0.717, 1.165) is 0 Å². The van der Waals surface area contributed by atoms with Crippen LogP contribution in [0.1, 0.15) is 5.56 Å². The molecule has 0 bridgehead atoms. The highest BCUT2D eigenvalue weighted by Gasteiger charge is 2.40. The first-order valence-corrected chi connectivity index (χ1v) is 8.91. The SMILES string of the molecule is CN(CCOc1ccccc1F)C(=O)Nc1cccc(COCC(F)(F)C(F)F)c1. The number of anilines is 1. The average molecular weight is 432 g/mol. The van der Waals surface area contributed by atoms with E-state index in [2.05, 4.69) is 10.1 Å². The van der Waals surface area contributed by atoms with Gasteiger partial charge >= 0.3 is 18.4 Å². The zero-order chi connectivity index (χ0) is 22.1. The van der Waals surface area contributed by atoms with E-state index < -0.39 is 30.8 Å². The monoisotopic (exact) mass is 432 g/mol. The number of hydrogen-bond acceptors (Lipinski definition) is 3. The molecule has 0 aliphatic carbocycles. The molecule has 0 atom stereocenters. The van der Waals surface area contributed by atoms with Crippen LogP contribution in [0.3, 0.4) is 0 Å². The van der Waals surface area contributed by atoms with Crippen LogP contribution in [0, 0.1) is 5.82 Å². The number of carbonyl (C=O) groups is 1. The fourth-order valence-corrected chi connectivity index (χ4v) is 2.28. The van der Waals surface area contributed by atoms with Crippen molar-refractivity contribution in [2.45, 2.75) is 19.0 Å². The van der Waals surface area contributed by atoms with Gasteiger partial charge in [0.2, 0.25) is 0 Å². The number of carbonyl (C=O) groups excluding carboxylic acids is 1. The van der Waals surface area contributed by atoms with E-state index in [-0.39, 0.29) is 25.5 Å². The lowest BCUT2D eigenvalue weighted by atomic mass is 10.2. The average Bonchev–Trinajstić information content (AvgIpc) is 2.69. The van der Waals surface area contributed by atoms with Crippen molar-refractivity contribution in [3.8, 4) is 5.75 Å². The van der Waals surface area contributed by atoms with Crippen LogP contribution in [0.15, 0.2) is 48.5 Å². The van der Waals surface area contributed by atoms with Gasteiger partial charge in [-0.3, -0.25) is 0 Å². The number of alkyl halides is 4. The second kappa shape index (κ2) is 10.8. The molecule has 0 spiro atoms. The summed E-state index contributed by atoms with van der Waals surface area (Å²) in [5.74, 6) is -4.65. The van der Waals surface area contributed by atoms with Gasteiger partial charge in [0.15, 0.2) is 11.6 Å². The Hall–Kier alpha value is -2.88. The number of ether oxygens (including phenoxy) is 2. The van der Waals surface area contributed by atoms with Crippen LogP contribution in [0.25, 0.3) is 0 Å². The van der Waals surface area contributed by atoms with Crippen LogP contribution >= 0.6 is 0 Å². The van der Waals surface area contributed by atoms with Crippen molar-refractivity contribution in [3.05, 3.63) is 59.9 Å². The van der Waals surface area contributed by atoms with Gasteiger partial charge < -0.3 is 19.7 Å². The Kier molecular flexibility index (Phi) is 8.40.